The highest BCUT2D eigenvalue weighted by Gasteiger charge is 2.23. The number of carbonyl (C=O) groups is 1. The number of piperazine rings is 1. The number of rotatable bonds is 4. The number of hydrogen-bond donors (Lipinski definition) is 0. The van der Waals surface area contributed by atoms with E-state index in [-0.39, 0.29) is 5.91 Å². The van der Waals surface area contributed by atoms with Crippen molar-refractivity contribution in [3.8, 4) is 17.6 Å². The molecule has 144 valence electrons. The van der Waals surface area contributed by atoms with Gasteiger partial charge in [-0.25, -0.2) is 4.98 Å². The maximum absolute atomic E-state index is 12.8. The molecule has 1 aromatic carbocycles. The Bertz CT molecular complexity index is 1020. The first-order valence-corrected chi connectivity index (χ1v) is 9.31. The summed E-state index contributed by atoms with van der Waals surface area (Å²) >= 11 is 0. The largest absolute Gasteiger partial charge is 0.456 e. The van der Waals surface area contributed by atoms with Crippen LogP contribution in [0.5, 0.6) is 11.5 Å². The summed E-state index contributed by atoms with van der Waals surface area (Å²) in [5, 5.41) is 9.04. The molecule has 0 aliphatic carbocycles. The molecule has 1 aliphatic rings. The fourth-order valence-electron chi connectivity index (χ4n) is 3.19. The van der Waals surface area contributed by atoms with Crippen LogP contribution in [-0.2, 0) is 0 Å². The Morgan fingerprint density at radius 3 is 2.48 bits per heavy atom. The molecule has 0 saturated carbocycles. The second kappa shape index (κ2) is 8.40. The number of pyridine rings is 2. The molecule has 3 heterocycles. The molecule has 0 radical (unpaired) electrons. The first-order valence-electron chi connectivity index (χ1n) is 9.31. The lowest BCUT2D eigenvalue weighted by molar-refractivity contribution is 0.0746. The monoisotopic (exact) mass is 385 g/mol. The van der Waals surface area contributed by atoms with Gasteiger partial charge in [0.25, 0.3) is 5.91 Å². The van der Waals surface area contributed by atoms with Gasteiger partial charge in [-0.05, 0) is 48.5 Å². The van der Waals surface area contributed by atoms with Crippen LogP contribution < -0.4 is 9.64 Å². The molecule has 1 amide bonds. The van der Waals surface area contributed by atoms with Gasteiger partial charge in [0.05, 0.1) is 17.8 Å². The Balaban J connectivity index is 1.36. The fraction of sp³-hybridized carbons (Fsp3) is 0.182. The van der Waals surface area contributed by atoms with Crippen molar-refractivity contribution in [3.05, 3.63) is 78.2 Å². The van der Waals surface area contributed by atoms with Crippen molar-refractivity contribution >= 4 is 11.7 Å². The van der Waals surface area contributed by atoms with Gasteiger partial charge in [-0.3, -0.25) is 9.78 Å². The number of aromatic nitrogens is 2. The molecule has 0 bridgehead atoms. The van der Waals surface area contributed by atoms with Crippen LogP contribution in [0, 0.1) is 11.3 Å². The highest BCUT2D eigenvalue weighted by Crippen LogP contribution is 2.22. The van der Waals surface area contributed by atoms with Crippen molar-refractivity contribution in [1.82, 2.24) is 14.9 Å². The minimum atomic E-state index is -0.00341. The Morgan fingerprint density at radius 2 is 1.79 bits per heavy atom. The molecule has 0 unspecified atom stereocenters. The normalized spacial score (nSPS) is 13.6. The van der Waals surface area contributed by atoms with Crippen LogP contribution >= 0.6 is 0 Å². The van der Waals surface area contributed by atoms with Crippen LogP contribution in [0.1, 0.15) is 15.9 Å². The van der Waals surface area contributed by atoms with E-state index in [1.807, 2.05) is 11.0 Å². The Labute approximate surface area is 168 Å². The van der Waals surface area contributed by atoms with Crippen LogP contribution in [0.15, 0.2) is 67.1 Å². The summed E-state index contributed by atoms with van der Waals surface area (Å²) in [7, 11) is 0. The maximum Gasteiger partial charge on any atom is 0.253 e. The van der Waals surface area contributed by atoms with Gasteiger partial charge in [-0.15, -0.1) is 0 Å². The van der Waals surface area contributed by atoms with Gasteiger partial charge in [-0.2, -0.15) is 5.26 Å². The highest BCUT2D eigenvalue weighted by molar-refractivity contribution is 5.94. The lowest BCUT2D eigenvalue weighted by Gasteiger charge is -2.35. The van der Waals surface area contributed by atoms with E-state index in [1.165, 1.54) is 0 Å². The average Bonchev–Trinajstić information content (AvgIpc) is 2.80. The van der Waals surface area contributed by atoms with E-state index in [0.717, 1.165) is 5.82 Å². The molecule has 7 nitrogen and oxygen atoms in total. The van der Waals surface area contributed by atoms with E-state index < -0.39 is 0 Å². The van der Waals surface area contributed by atoms with Crippen molar-refractivity contribution in [2.45, 2.75) is 0 Å². The molecule has 2 aromatic heterocycles. The van der Waals surface area contributed by atoms with Crippen molar-refractivity contribution < 1.29 is 9.53 Å². The summed E-state index contributed by atoms with van der Waals surface area (Å²) in [5.41, 5.74) is 1.21. The number of nitriles is 1. The van der Waals surface area contributed by atoms with Gasteiger partial charge in [-0.1, -0.05) is 0 Å². The Morgan fingerprint density at radius 1 is 1.00 bits per heavy atom. The summed E-state index contributed by atoms with van der Waals surface area (Å²) in [5.74, 6) is 2.07. The van der Waals surface area contributed by atoms with Gasteiger partial charge in [0.1, 0.15) is 17.3 Å². The second-order valence-electron chi connectivity index (χ2n) is 6.61. The van der Waals surface area contributed by atoms with Crippen molar-refractivity contribution in [2.24, 2.45) is 0 Å². The summed E-state index contributed by atoms with van der Waals surface area (Å²) in [4.78, 5) is 25.1. The quantitative estimate of drug-likeness (QED) is 0.686. The smallest absolute Gasteiger partial charge is 0.253 e. The topological polar surface area (TPSA) is 82.4 Å². The van der Waals surface area contributed by atoms with Crippen LogP contribution in [0.3, 0.4) is 0 Å². The van der Waals surface area contributed by atoms with E-state index in [9.17, 15) is 4.79 Å². The third kappa shape index (κ3) is 4.33. The predicted octanol–water partition coefficient (Wildman–Crippen LogP) is 3.10. The molecule has 0 N–H and O–H groups in total. The van der Waals surface area contributed by atoms with E-state index in [4.69, 9.17) is 10.00 Å². The van der Waals surface area contributed by atoms with Gasteiger partial charge in [0.15, 0.2) is 0 Å². The minimum absolute atomic E-state index is 0.00341. The molecular formula is C22H19N5O2. The SMILES string of the molecule is N#Cc1ccnc(N2CCN(C(=O)c3ccc(Oc4cccnc4)cc3)CC2)c1. The Kier molecular flexibility index (Phi) is 5.34. The zero-order valence-corrected chi connectivity index (χ0v) is 15.7. The van der Waals surface area contributed by atoms with E-state index in [2.05, 4.69) is 20.9 Å². The highest BCUT2D eigenvalue weighted by atomic mass is 16.5. The summed E-state index contributed by atoms with van der Waals surface area (Å²) in [6.07, 6.45) is 4.96. The van der Waals surface area contributed by atoms with Crippen LogP contribution in [0.25, 0.3) is 0 Å². The summed E-state index contributed by atoms with van der Waals surface area (Å²) < 4.78 is 5.72. The average molecular weight is 385 g/mol. The van der Waals surface area contributed by atoms with Crippen LogP contribution in [-0.4, -0.2) is 47.0 Å². The minimum Gasteiger partial charge on any atom is -0.456 e. The molecule has 7 heteroatoms. The third-order valence-electron chi connectivity index (χ3n) is 4.74. The molecule has 0 spiro atoms. The summed E-state index contributed by atoms with van der Waals surface area (Å²) in [6.45, 7) is 2.56. The molecule has 0 atom stereocenters. The number of benzene rings is 1. The lowest BCUT2D eigenvalue weighted by atomic mass is 10.1. The molecular weight excluding hydrogens is 366 g/mol. The van der Waals surface area contributed by atoms with Gasteiger partial charge in [0, 0.05) is 44.1 Å². The van der Waals surface area contributed by atoms with Crippen molar-refractivity contribution in [3.63, 3.8) is 0 Å². The van der Waals surface area contributed by atoms with Crippen LogP contribution in [0.4, 0.5) is 5.82 Å². The number of nitrogens with zero attached hydrogens (tertiary/aromatic N) is 5. The molecule has 1 saturated heterocycles. The van der Waals surface area contributed by atoms with Gasteiger partial charge < -0.3 is 14.5 Å². The van der Waals surface area contributed by atoms with Gasteiger partial charge in [0.2, 0.25) is 0 Å². The molecule has 1 fully saturated rings. The lowest BCUT2D eigenvalue weighted by Crippen LogP contribution is -2.49. The molecule has 4 rings (SSSR count). The Hall–Kier alpha value is -3.92. The predicted molar refractivity (Wildman–Crippen MR) is 108 cm³/mol. The van der Waals surface area contributed by atoms with E-state index in [1.54, 1.807) is 61.1 Å². The maximum atomic E-state index is 12.8. The number of carbonyl (C=O) groups excluding carboxylic acids is 1. The number of amides is 1. The van der Waals surface area contributed by atoms with Crippen molar-refractivity contribution in [1.29, 1.82) is 5.26 Å². The van der Waals surface area contributed by atoms with Crippen molar-refractivity contribution in [2.75, 3.05) is 31.1 Å². The zero-order chi connectivity index (χ0) is 20.1. The third-order valence-corrected chi connectivity index (χ3v) is 4.74. The first-order chi connectivity index (χ1) is 14.2. The van der Waals surface area contributed by atoms with Crippen LogP contribution in [0.2, 0.25) is 0 Å². The second-order valence-corrected chi connectivity index (χ2v) is 6.61. The summed E-state index contributed by atoms with van der Waals surface area (Å²) in [6, 6.07) is 16.3. The fourth-order valence-corrected chi connectivity index (χ4v) is 3.19. The zero-order valence-electron chi connectivity index (χ0n) is 15.7. The molecule has 29 heavy (non-hydrogen) atoms. The standard InChI is InChI=1S/C22H19N5O2/c23-15-17-7-9-25-21(14-17)26-10-12-27(13-11-26)22(28)18-3-5-19(6-4-18)29-20-2-1-8-24-16-20/h1-9,14,16H,10-13H2. The van der Waals surface area contributed by atoms with E-state index in [0.29, 0.717) is 48.8 Å². The van der Waals surface area contributed by atoms with E-state index >= 15 is 0 Å². The number of ether oxygens (including phenoxy) is 1. The molecule has 1 aliphatic heterocycles. The number of anilines is 1. The van der Waals surface area contributed by atoms with Gasteiger partial charge >= 0.3 is 0 Å². The first kappa shape index (κ1) is 18.4. The molecule has 3 aromatic rings. The number of hydrogen-bond acceptors (Lipinski definition) is 6.